The standard InChI is InChI=1S/C66H63F2N7O8/c1-36(2)33-74-63(77)51-28-40(41-12-23-56-52(29-41)58(65(79)70-4)60(82-56)38-6-15-45(67)16-7-38)10-21-49(51)44-11-22-54(73-35-44)64(78)72-27-26-37(3)34-75-62(76)43-14-25-55(81-48-20-19-47(69)32-48)50(31-43)42-13-24-57-53(30-42)59(66(80)71-5)61(83-57)39-8-17-46(68)18-9-39/h6-18,21-25,28-31,35-37,47-48H,19-20,26-27,32-34,69H2,1-5H3,(H,70,79)(H,71,80)(H,72,78)(H,74,77)(H,75,76). The maximum Gasteiger partial charge on any atom is 0.269 e. The van der Waals surface area contributed by atoms with Crippen molar-refractivity contribution in [1.29, 1.82) is 0 Å². The predicted octanol–water partition coefficient (Wildman–Crippen LogP) is 11.7. The van der Waals surface area contributed by atoms with Gasteiger partial charge in [-0.05, 0) is 163 Å². The monoisotopic (exact) mass is 1120 g/mol. The topological polar surface area (TPSA) is 220 Å². The molecule has 5 amide bonds. The molecule has 1 fully saturated rings. The van der Waals surface area contributed by atoms with Crippen LogP contribution in [0.3, 0.4) is 0 Å². The SMILES string of the molecule is CNC(=O)c1c(-c2ccc(F)cc2)oc2ccc(-c3ccc(-c4ccc(C(=O)NCCC(C)CNC(=O)c5ccc(OC6CCC(N)C6)c(-c6ccc7oc(-c8ccc(F)cc8)c(C(=O)NC)c7c6)c5)nc4)c(C(=O)NCC(C)C)c3)cc12. The first-order chi connectivity index (χ1) is 40.0. The molecule has 3 unspecified atom stereocenters. The number of nitrogens with zero attached hydrogens (tertiary/aromatic N) is 1. The Balaban J connectivity index is 0.808. The molecule has 0 radical (unpaired) electrons. The van der Waals surface area contributed by atoms with Gasteiger partial charge in [0.2, 0.25) is 0 Å². The molecular formula is C66H63F2N7O8. The summed E-state index contributed by atoms with van der Waals surface area (Å²) >= 11 is 0. The molecule has 0 aliphatic heterocycles. The zero-order chi connectivity index (χ0) is 58.5. The molecule has 3 atom stereocenters. The highest BCUT2D eigenvalue weighted by Gasteiger charge is 2.28. The molecule has 3 aromatic heterocycles. The van der Waals surface area contributed by atoms with Gasteiger partial charge < -0.3 is 45.9 Å². The number of aromatic nitrogens is 1. The molecule has 15 nitrogen and oxygen atoms in total. The Bertz CT molecular complexity index is 3910. The molecule has 0 spiro atoms. The fourth-order valence-electron chi connectivity index (χ4n) is 10.3. The van der Waals surface area contributed by atoms with Gasteiger partial charge in [-0.1, -0.05) is 51.1 Å². The van der Waals surface area contributed by atoms with Crippen LogP contribution < -0.4 is 37.1 Å². The number of rotatable bonds is 19. The number of ether oxygens (including phenoxy) is 1. The molecule has 424 valence electrons. The van der Waals surface area contributed by atoms with Gasteiger partial charge in [0.15, 0.2) is 0 Å². The van der Waals surface area contributed by atoms with Crippen LogP contribution in [-0.4, -0.2) is 80.4 Å². The van der Waals surface area contributed by atoms with Gasteiger partial charge in [0.25, 0.3) is 29.5 Å². The lowest BCUT2D eigenvalue weighted by atomic mass is 9.94. The average molecular weight is 1120 g/mol. The maximum atomic E-state index is 13.9. The molecule has 17 heteroatoms. The van der Waals surface area contributed by atoms with Crippen molar-refractivity contribution in [3.63, 3.8) is 0 Å². The van der Waals surface area contributed by atoms with Crippen LogP contribution >= 0.6 is 0 Å². The number of halogens is 2. The van der Waals surface area contributed by atoms with Crippen molar-refractivity contribution in [3.05, 3.63) is 179 Å². The maximum absolute atomic E-state index is 13.9. The third-order valence-corrected chi connectivity index (χ3v) is 14.9. The molecule has 10 rings (SSSR count). The number of pyridine rings is 1. The number of furan rings is 2. The lowest BCUT2D eigenvalue weighted by molar-refractivity contribution is 0.0931. The van der Waals surface area contributed by atoms with Crippen LogP contribution in [0.1, 0.15) is 98.4 Å². The number of amides is 5. The van der Waals surface area contributed by atoms with E-state index in [1.54, 1.807) is 79.0 Å². The quantitative estimate of drug-likeness (QED) is 0.0450. The minimum atomic E-state index is -0.418. The van der Waals surface area contributed by atoms with Gasteiger partial charge in [0.1, 0.15) is 51.9 Å². The van der Waals surface area contributed by atoms with Crippen molar-refractivity contribution in [1.82, 2.24) is 31.6 Å². The van der Waals surface area contributed by atoms with Crippen molar-refractivity contribution < 1.29 is 46.3 Å². The van der Waals surface area contributed by atoms with Gasteiger partial charge in [0, 0.05) is 90.1 Å². The Kier molecular flexibility index (Phi) is 16.9. The number of benzene rings is 6. The molecule has 9 aromatic rings. The first-order valence-electron chi connectivity index (χ1n) is 27.7. The number of fused-ring (bicyclic) bond motifs is 2. The van der Waals surface area contributed by atoms with Crippen LogP contribution in [0.15, 0.2) is 148 Å². The summed E-state index contributed by atoms with van der Waals surface area (Å²) in [7, 11) is 3.05. The van der Waals surface area contributed by atoms with E-state index in [9.17, 15) is 32.8 Å². The number of carbonyl (C=O) groups is 5. The smallest absolute Gasteiger partial charge is 0.269 e. The second kappa shape index (κ2) is 24.7. The Morgan fingerprint density at radius 1 is 0.590 bits per heavy atom. The normalized spacial score (nSPS) is 14.4. The first kappa shape index (κ1) is 56.8. The lowest BCUT2D eigenvalue weighted by Crippen LogP contribution is -2.31. The van der Waals surface area contributed by atoms with E-state index in [1.807, 2.05) is 57.2 Å². The second-order valence-electron chi connectivity index (χ2n) is 21.4. The van der Waals surface area contributed by atoms with E-state index >= 15 is 0 Å². The number of hydrogen-bond donors (Lipinski definition) is 6. The summed E-state index contributed by atoms with van der Waals surface area (Å²) in [5.41, 5.74) is 13.7. The third-order valence-electron chi connectivity index (χ3n) is 14.9. The van der Waals surface area contributed by atoms with Gasteiger partial charge >= 0.3 is 0 Å². The van der Waals surface area contributed by atoms with E-state index in [2.05, 4.69) is 31.6 Å². The van der Waals surface area contributed by atoms with Gasteiger partial charge in [-0.15, -0.1) is 0 Å². The Morgan fingerprint density at radius 2 is 1.16 bits per heavy atom. The van der Waals surface area contributed by atoms with Crippen molar-refractivity contribution in [2.24, 2.45) is 17.6 Å². The average Bonchev–Trinajstić information content (AvgIpc) is 4.24. The fourth-order valence-corrected chi connectivity index (χ4v) is 10.3. The van der Waals surface area contributed by atoms with E-state index < -0.39 is 11.6 Å². The van der Waals surface area contributed by atoms with Crippen molar-refractivity contribution in [2.75, 3.05) is 33.7 Å². The molecule has 1 aliphatic carbocycles. The number of nitrogens with one attached hydrogen (secondary N) is 5. The number of hydrogen-bond acceptors (Lipinski definition) is 10. The van der Waals surface area contributed by atoms with Gasteiger partial charge in [0.05, 0.1) is 11.1 Å². The molecule has 0 bridgehead atoms. The highest BCUT2D eigenvalue weighted by atomic mass is 19.1. The van der Waals surface area contributed by atoms with Crippen LogP contribution in [0, 0.1) is 23.5 Å². The molecule has 3 heterocycles. The van der Waals surface area contributed by atoms with Crippen LogP contribution in [0.5, 0.6) is 5.75 Å². The first-order valence-corrected chi connectivity index (χ1v) is 27.7. The van der Waals surface area contributed by atoms with Gasteiger partial charge in [-0.2, -0.15) is 0 Å². The van der Waals surface area contributed by atoms with E-state index in [4.69, 9.17) is 19.3 Å². The van der Waals surface area contributed by atoms with Crippen LogP contribution in [0.2, 0.25) is 0 Å². The molecular weight excluding hydrogens is 1060 g/mol. The zero-order valence-electron chi connectivity index (χ0n) is 46.6. The van der Waals surface area contributed by atoms with Crippen molar-refractivity contribution in [3.8, 4) is 61.8 Å². The summed E-state index contributed by atoms with van der Waals surface area (Å²) in [5, 5.41) is 15.5. The van der Waals surface area contributed by atoms with Crippen LogP contribution in [-0.2, 0) is 0 Å². The number of carbonyl (C=O) groups excluding carboxylic acids is 5. The predicted molar refractivity (Wildman–Crippen MR) is 316 cm³/mol. The Labute approximate surface area is 478 Å². The summed E-state index contributed by atoms with van der Waals surface area (Å²) < 4.78 is 46.6. The molecule has 0 saturated heterocycles. The highest BCUT2D eigenvalue weighted by Crippen LogP contribution is 2.41. The summed E-state index contributed by atoms with van der Waals surface area (Å²) in [6, 6.07) is 36.5. The Morgan fingerprint density at radius 3 is 1.73 bits per heavy atom. The summed E-state index contributed by atoms with van der Waals surface area (Å²) in [6.45, 7) is 7.04. The molecule has 1 saturated carbocycles. The minimum Gasteiger partial charge on any atom is -0.490 e. The minimum absolute atomic E-state index is 0.0253. The van der Waals surface area contributed by atoms with Crippen molar-refractivity contribution in [2.45, 2.75) is 58.6 Å². The van der Waals surface area contributed by atoms with E-state index in [1.165, 1.54) is 38.4 Å². The lowest BCUT2D eigenvalue weighted by Gasteiger charge is -2.18. The summed E-state index contributed by atoms with van der Waals surface area (Å²) in [5.74, 6) is -1.27. The zero-order valence-corrected chi connectivity index (χ0v) is 46.6. The van der Waals surface area contributed by atoms with Crippen molar-refractivity contribution >= 4 is 51.5 Å². The molecule has 1 aliphatic rings. The van der Waals surface area contributed by atoms with Gasteiger partial charge in [-0.25, -0.2) is 8.78 Å². The van der Waals surface area contributed by atoms with E-state index in [0.717, 1.165) is 18.4 Å². The number of nitrogens with two attached hydrogens (primary N) is 1. The van der Waals surface area contributed by atoms with E-state index in [0.29, 0.717) is 127 Å². The van der Waals surface area contributed by atoms with Gasteiger partial charge in [-0.3, -0.25) is 29.0 Å². The summed E-state index contributed by atoms with van der Waals surface area (Å²) in [6.07, 6.45) is 4.29. The molecule has 6 aromatic carbocycles. The van der Waals surface area contributed by atoms with Crippen LogP contribution in [0.25, 0.3) is 78.0 Å². The highest BCUT2D eigenvalue weighted by molar-refractivity contribution is 6.13. The Hall–Kier alpha value is -9.48. The van der Waals surface area contributed by atoms with E-state index in [-0.39, 0.29) is 64.8 Å². The fraction of sp³-hybridized carbons (Fsp3) is 0.242. The third kappa shape index (κ3) is 12.5. The molecule has 7 N–H and O–H groups in total. The summed E-state index contributed by atoms with van der Waals surface area (Å²) in [4.78, 5) is 72.4. The largest absolute Gasteiger partial charge is 0.490 e. The second-order valence-corrected chi connectivity index (χ2v) is 21.4. The molecule has 83 heavy (non-hydrogen) atoms. The van der Waals surface area contributed by atoms with Crippen LogP contribution in [0.4, 0.5) is 8.78 Å².